The van der Waals surface area contributed by atoms with Crippen molar-refractivity contribution in [3.63, 3.8) is 0 Å². The van der Waals surface area contributed by atoms with E-state index >= 15 is 0 Å². The van der Waals surface area contributed by atoms with Crippen LogP contribution in [0, 0.1) is 6.92 Å². The summed E-state index contributed by atoms with van der Waals surface area (Å²) in [5.74, 6) is -0.214. The van der Waals surface area contributed by atoms with Crippen LogP contribution in [-0.2, 0) is 6.42 Å². The third kappa shape index (κ3) is 3.07. The van der Waals surface area contributed by atoms with Crippen LogP contribution in [0.25, 0.3) is 0 Å². The molecule has 1 aromatic heterocycles. The second-order valence-electron chi connectivity index (χ2n) is 4.21. The molecule has 0 radical (unpaired) electrons. The van der Waals surface area contributed by atoms with E-state index in [1.54, 1.807) is 25.1 Å². The van der Waals surface area contributed by atoms with Crippen LogP contribution in [-0.4, -0.2) is 21.0 Å². The van der Waals surface area contributed by atoms with Gasteiger partial charge in [0.05, 0.1) is 5.56 Å². The zero-order valence-corrected chi connectivity index (χ0v) is 10.8. The van der Waals surface area contributed by atoms with Crippen molar-refractivity contribution >= 4 is 17.5 Å². The fraction of sp³-hybridized carbons (Fsp3) is 0.214. The van der Waals surface area contributed by atoms with Gasteiger partial charge in [0.2, 0.25) is 0 Å². The second kappa shape index (κ2) is 5.48. The molecule has 0 atom stereocenters. The Morgan fingerprint density at radius 1 is 1.32 bits per heavy atom. The molecule has 0 unspecified atom stereocenters. The topological polar surface area (TPSA) is 75.1 Å². The quantitative estimate of drug-likeness (QED) is 0.880. The van der Waals surface area contributed by atoms with Crippen LogP contribution in [0.1, 0.15) is 28.5 Å². The lowest BCUT2D eigenvalue weighted by atomic mass is 10.1. The monoisotopic (exact) mass is 257 g/mol. The summed E-state index contributed by atoms with van der Waals surface area (Å²) in [6.45, 7) is 3.80. The van der Waals surface area contributed by atoms with Gasteiger partial charge in [0.25, 0.3) is 0 Å². The van der Waals surface area contributed by atoms with Crippen molar-refractivity contribution in [3.05, 3.63) is 47.4 Å². The van der Waals surface area contributed by atoms with E-state index in [-0.39, 0.29) is 0 Å². The number of aryl methyl sites for hydroxylation is 2. The van der Waals surface area contributed by atoms with Gasteiger partial charge >= 0.3 is 5.97 Å². The maximum atomic E-state index is 10.9. The SMILES string of the molecule is CCc1cc(Nc2ccc(C(=O)O)c(C)c2)ncn1. The van der Waals surface area contributed by atoms with Crippen LogP contribution < -0.4 is 5.32 Å². The van der Waals surface area contributed by atoms with E-state index in [0.717, 1.165) is 17.8 Å². The predicted octanol–water partition coefficient (Wildman–Crippen LogP) is 2.79. The zero-order valence-electron chi connectivity index (χ0n) is 10.8. The van der Waals surface area contributed by atoms with Crippen LogP contribution >= 0.6 is 0 Å². The Balaban J connectivity index is 2.23. The Kier molecular flexibility index (Phi) is 3.75. The fourth-order valence-corrected chi connectivity index (χ4v) is 1.79. The van der Waals surface area contributed by atoms with Gasteiger partial charge in [-0.3, -0.25) is 0 Å². The molecule has 0 aliphatic carbocycles. The highest BCUT2D eigenvalue weighted by molar-refractivity contribution is 5.90. The number of carboxylic acid groups (broad SMARTS) is 1. The molecule has 1 heterocycles. The van der Waals surface area contributed by atoms with Crippen molar-refractivity contribution in [2.24, 2.45) is 0 Å². The van der Waals surface area contributed by atoms with Gasteiger partial charge in [0.15, 0.2) is 0 Å². The molecule has 19 heavy (non-hydrogen) atoms. The van der Waals surface area contributed by atoms with Crippen LogP contribution in [0.4, 0.5) is 11.5 Å². The molecule has 2 N–H and O–H groups in total. The lowest BCUT2D eigenvalue weighted by Gasteiger charge is -2.08. The summed E-state index contributed by atoms with van der Waals surface area (Å²) in [7, 11) is 0. The maximum absolute atomic E-state index is 10.9. The van der Waals surface area contributed by atoms with Crippen molar-refractivity contribution < 1.29 is 9.90 Å². The third-order valence-electron chi connectivity index (χ3n) is 2.82. The molecular weight excluding hydrogens is 242 g/mol. The number of nitrogens with zero attached hydrogens (tertiary/aromatic N) is 2. The van der Waals surface area contributed by atoms with E-state index in [1.165, 1.54) is 6.33 Å². The molecule has 0 bridgehead atoms. The lowest BCUT2D eigenvalue weighted by molar-refractivity contribution is 0.0696. The maximum Gasteiger partial charge on any atom is 0.335 e. The van der Waals surface area contributed by atoms with Gasteiger partial charge in [0, 0.05) is 17.4 Å². The number of aromatic carboxylic acids is 1. The Morgan fingerprint density at radius 2 is 2.11 bits per heavy atom. The molecule has 1 aromatic carbocycles. The highest BCUT2D eigenvalue weighted by atomic mass is 16.4. The van der Waals surface area contributed by atoms with Crippen molar-refractivity contribution in [2.45, 2.75) is 20.3 Å². The third-order valence-corrected chi connectivity index (χ3v) is 2.82. The normalized spacial score (nSPS) is 10.2. The molecule has 5 nitrogen and oxygen atoms in total. The van der Waals surface area contributed by atoms with E-state index in [9.17, 15) is 4.79 Å². The fourth-order valence-electron chi connectivity index (χ4n) is 1.79. The largest absolute Gasteiger partial charge is 0.478 e. The zero-order chi connectivity index (χ0) is 13.8. The average Bonchev–Trinajstić information content (AvgIpc) is 2.38. The standard InChI is InChI=1S/C14H15N3O2/c1-3-10-7-13(16-8-15-10)17-11-4-5-12(14(18)19)9(2)6-11/h4-8H,3H2,1-2H3,(H,18,19)(H,15,16,17). The number of nitrogens with one attached hydrogen (secondary N) is 1. The van der Waals surface area contributed by atoms with Crippen LogP contribution in [0.15, 0.2) is 30.6 Å². The smallest absolute Gasteiger partial charge is 0.335 e. The number of aromatic nitrogens is 2. The van der Waals surface area contributed by atoms with Crippen molar-refractivity contribution in [3.8, 4) is 0 Å². The number of benzene rings is 1. The lowest BCUT2D eigenvalue weighted by Crippen LogP contribution is -2.01. The highest BCUT2D eigenvalue weighted by Crippen LogP contribution is 2.19. The van der Waals surface area contributed by atoms with Gasteiger partial charge in [-0.25, -0.2) is 14.8 Å². The summed E-state index contributed by atoms with van der Waals surface area (Å²) in [6.07, 6.45) is 2.35. The molecule has 0 saturated heterocycles. The molecule has 2 rings (SSSR count). The first-order chi connectivity index (χ1) is 9.10. The van der Waals surface area contributed by atoms with Gasteiger partial charge in [-0.15, -0.1) is 0 Å². The van der Waals surface area contributed by atoms with Gasteiger partial charge in [-0.05, 0) is 37.1 Å². The molecule has 0 saturated carbocycles. The van der Waals surface area contributed by atoms with Gasteiger partial charge in [-0.2, -0.15) is 0 Å². The molecule has 0 fully saturated rings. The van der Waals surface area contributed by atoms with Crippen LogP contribution in [0.3, 0.4) is 0 Å². The molecule has 2 aromatic rings. The first-order valence-corrected chi connectivity index (χ1v) is 6.02. The van der Waals surface area contributed by atoms with E-state index < -0.39 is 5.97 Å². The number of anilines is 2. The molecule has 5 heteroatoms. The molecule has 0 amide bonds. The van der Waals surface area contributed by atoms with Gasteiger partial charge < -0.3 is 10.4 Å². The van der Waals surface area contributed by atoms with E-state index in [1.807, 2.05) is 13.0 Å². The number of hydrogen-bond acceptors (Lipinski definition) is 4. The Labute approximate surface area is 111 Å². The summed E-state index contributed by atoms with van der Waals surface area (Å²) < 4.78 is 0. The van der Waals surface area contributed by atoms with Crippen molar-refractivity contribution in [2.75, 3.05) is 5.32 Å². The first kappa shape index (κ1) is 13.0. The minimum atomic E-state index is -0.917. The van der Waals surface area contributed by atoms with E-state index in [0.29, 0.717) is 16.9 Å². The molecule has 0 spiro atoms. The minimum absolute atomic E-state index is 0.308. The van der Waals surface area contributed by atoms with Crippen molar-refractivity contribution in [1.82, 2.24) is 9.97 Å². The Bertz CT molecular complexity index is 611. The second-order valence-corrected chi connectivity index (χ2v) is 4.21. The highest BCUT2D eigenvalue weighted by Gasteiger charge is 2.07. The minimum Gasteiger partial charge on any atom is -0.478 e. The van der Waals surface area contributed by atoms with E-state index in [2.05, 4.69) is 15.3 Å². The summed E-state index contributed by atoms with van der Waals surface area (Å²) in [5, 5.41) is 12.1. The summed E-state index contributed by atoms with van der Waals surface area (Å²) >= 11 is 0. The first-order valence-electron chi connectivity index (χ1n) is 6.02. The Morgan fingerprint density at radius 3 is 2.74 bits per heavy atom. The molecule has 0 aliphatic rings. The average molecular weight is 257 g/mol. The number of carbonyl (C=O) groups is 1. The Hall–Kier alpha value is -2.43. The van der Waals surface area contributed by atoms with Gasteiger partial charge in [-0.1, -0.05) is 6.92 Å². The van der Waals surface area contributed by atoms with Crippen LogP contribution in [0.5, 0.6) is 0 Å². The number of carboxylic acids is 1. The predicted molar refractivity (Wildman–Crippen MR) is 72.8 cm³/mol. The molecular formula is C14H15N3O2. The molecule has 98 valence electrons. The molecule has 0 aliphatic heterocycles. The summed E-state index contributed by atoms with van der Waals surface area (Å²) in [4.78, 5) is 19.2. The van der Waals surface area contributed by atoms with Gasteiger partial charge in [0.1, 0.15) is 12.1 Å². The van der Waals surface area contributed by atoms with Crippen LogP contribution in [0.2, 0.25) is 0 Å². The summed E-state index contributed by atoms with van der Waals surface area (Å²) in [6, 6.07) is 6.98. The van der Waals surface area contributed by atoms with Crippen molar-refractivity contribution in [1.29, 1.82) is 0 Å². The summed E-state index contributed by atoms with van der Waals surface area (Å²) in [5.41, 5.74) is 2.78. The van der Waals surface area contributed by atoms with E-state index in [4.69, 9.17) is 5.11 Å². The number of hydrogen-bond donors (Lipinski definition) is 2. The number of rotatable bonds is 4.